The van der Waals surface area contributed by atoms with Crippen LogP contribution in [-0.2, 0) is 11.3 Å². The molecule has 0 unspecified atom stereocenters. The van der Waals surface area contributed by atoms with Crippen LogP contribution in [-0.4, -0.2) is 12.9 Å². The molecule has 0 saturated heterocycles. The largest absolute Gasteiger partial charge is 0.455 e. The van der Waals surface area contributed by atoms with Crippen LogP contribution in [0.5, 0.6) is 0 Å². The van der Waals surface area contributed by atoms with E-state index in [4.69, 9.17) is 9.15 Å². The van der Waals surface area contributed by atoms with E-state index in [0.29, 0.717) is 5.76 Å². The Labute approximate surface area is 104 Å². The van der Waals surface area contributed by atoms with Crippen molar-refractivity contribution in [1.29, 1.82) is 0 Å². The minimum Gasteiger partial charge on any atom is -0.455 e. The molecule has 0 fully saturated rings. The van der Waals surface area contributed by atoms with Crippen LogP contribution in [0.25, 0.3) is 0 Å². The van der Waals surface area contributed by atoms with E-state index in [2.05, 4.69) is 0 Å². The van der Waals surface area contributed by atoms with Crippen LogP contribution in [0.1, 0.15) is 27.4 Å². The molecule has 94 valence electrons. The Morgan fingerprint density at radius 2 is 2.11 bits per heavy atom. The van der Waals surface area contributed by atoms with Crippen molar-refractivity contribution in [2.45, 2.75) is 13.5 Å². The van der Waals surface area contributed by atoms with Crippen LogP contribution >= 0.6 is 0 Å². The number of methoxy groups -OCH3 is 1. The van der Waals surface area contributed by atoms with Gasteiger partial charge in [-0.25, -0.2) is 4.39 Å². The van der Waals surface area contributed by atoms with Crippen molar-refractivity contribution in [3.63, 3.8) is 0 Å². The van der Waals surface area contributed by atoms with Gasteiger partial charge in [0.05, 0.1) is 5.56 Å². The van der Waals surface area contributed by atoms with Crippen LogP contribution in [0.3, 0.4) is 0 Å². The smallest absolute Gasteiger partial charge is 0.231 e. The Bertz CT molecular complexity index is 572. The SMILES string of the molecule is COCc1ccc(C(=O)c2ccc(C)cc2F)o1. The fourth-order valence-electron chi connectivity index (χ4n) is 1.66. The Balaban J connectivity index is 2.29. The van der Waals surface area contributed by atoms with Gasteiger partial charge in [0.25, 0.3) is 0 Å². The molecule has 2 aromatic rings. The highest BCUT2D eigenvalue weighted by Crippen LogP contribution is 2.17. The summed E-state index contributed by atoms with van der Waals surface area (Å²) in [4.78, 5) is 12.0. The number of aryl methyl sites for hydroxylation is 1. The van der Waals surface area contributed by atoms with Crippen LogP contribution in [0, 0.1) is 12.7 Å². The molecule has 3 nitrogen and oxygen atoms in total. The van der Waals surface area contributed by atoms with Gasteiger partial charge in [-0.2, -0.15) is 0 Å². The first kappa shape index (κ1) is 12.5. The molecular weight excluding hydrogens is 235 g/mol. The topological polar surface area (TPSA) is 39.4 Å². The van der Waals surface area contributed by atoms with Crippen molar-refractivity contribution in [2.75, 3.05) is 7.11 Å². The molecule has 0 aliphatic carbocycles. The predicted molar refractivity (Wildman–Crippen MR) is 64.0 cm³/mol. The Morgan fingerprint density at radius 3 is 2.78 bits per heavy atom. The first-order chi connectivity index (χ1) is 8.61. The molecular formula is C14H13FO3. The van der Waals surface area contributed by atoms with Gasteiger partial charge in [0.1, 0.15) is 18.2 Å². The molecule has 0 bridgehead atoms. The standard InChI is InChI=1S/C14H13FO3/c1-9-3-5-11(12(15)7-9)14(16)13-6-4-10(18-13)8-17-2/h3-7H,8H2,1-2H3. The molecule has 0 amide bonds. The van der Waals surface area contributed by atoms with Gasteiger partial charge >= 0.3 is 0 Å². The number of furan rings is 1. The highest BCUT2D eigenvalue weighted by atomic mass is 19.1. The van der Waals surface area contributed by atoms with Gasteiger partial charge in [0.2, 0.25) is 5.78 Å². The van der Waals surface area contributed by atoms with E-state index in [1.807, 2.05) is 0 Å². The fourth-order valence-corrected chi connectivity index (χ4v) is 1.66. The Kier molecular flexibility index (Phi) is 3.58. The third-order valence-electron chi connectivity index (χ3n) is 2.54. The van der Waals surface area contributed by atoms with Crippen molar-refractivity contribution in [1.82, 2.24) is 0 Å². The third kappa shape index (κ3) is 2.49. The molecule has 0 N–H and O–H groups in total. The van der Waals surface area contributed by atoms with Gasteiger partial charge in [-0.3, -0.25) is 4.79 Å². The average Bonchev–Trinajstić information content (AvgIpc) is 2.77. The Morgan fingerprint density at radius 1 is 1.33 bits per heavy atom. The van der Waals surface area contributed by atoms with Gasteiger partial charge in [-0.15, -0.1) is 0 Å². The zero-order valence-electron chi connectivity index (χ0n) is 10.2. The molecule has 0 atom stereocenters. The predicted octanol–water partition coefficient (Wildman–Crippen LogP) is 3.10. The zero-order valence-corrected chi connectivity index (χ0v) is 10.2. The van der Waals surface area contributed by atoms with Gasteiger partial charge < -0.3 is 9.15 Å². The van der Waals surface area contributed by atoms with Gasteiger partial charge in [-0.05, 0) is 36.8 Å². The first-order valence-electron chi connectivity index (χ1n) is 5.50. The minimum absolute atomic E-state index is 0.0129. The lowest BCUT2D eigenvalue weighted by Crippen LogP contribution is -2.03. The molecule has 0 spiro atoms. The number of hydrogen-bond donors (Lipinski definition) is 0. The monoisotopic (exact) mass is 248 g/mol. The van der Waals surface area contributed by atoms with Gasteiger partial charge in [0.15, 0.2) is 5.76 Å². The summed E-state index contributed by atoms with van der Waals surface area (Å²) < 4.78 is 23.8. The van der Waals surface area contributed by atoms with Crippen LogP contribution in [0.4, 0.5) is 4.39 Å². The number of halogens is 1. The summed E-state index contributed by atoms with van der Waals surface area (Å²) in [5.41, 5.74) is 0.780. The maximum absolute atomic E-state index is 13.7. The van der Waals surface area contributed by atoms with E-state index in [9.17, 15) is 9.18 Å². The molecule has 0 radical (unpaired) electrons. The van der Waals surface area contributed by atoms with Crippen molar-refractivity contribution in [3.8, 4) is 0 Å². The molecule has 0 saturated carbocycles. The summed E-state index contributed by atoms with van der Waals surface area (Å²) in [6, 6.07) is 7.64. The van der Waals surface area contributed by atoms with Crippen molar-refractivity contribution < 1.29 is 18.3 Å². The second kappa shape index (κ2) is 5.14. The molecule has 1 heterocycles. The van der Waals surface area contributed by atoms with E-state index < -0.39 is 11.6 Å². The molecule has 4 heteroatoms. The maximum Gasteiger partial charge on any atom is 0.231 e. The number of carbonyl (C=O) groups is 1. The molecule has 0 aliphatic rings. The molecule has 2 rings (SSSR count). The second-order valence-electron chi connectivity index (χ2n) is 4.01. The molecule has 1 aromatic heterocycles. The third-order valence-corrected chi connectivity index (χ3v) is 2.54. The summed E-state index contributed by atoms with van der Waals surface area (Å²) in [5.74, 6) is -0.349. The summed E-state index contributed by atoms with van der Waals surface area (Å²) in [5, 5.41) is 0. The number of hydrogen-bond acceptors (Lipinski definition) is 3. The van der Waals surface area contributed by atoms with Crippen molar-refractivity contribution in [3.05, 3.63) is 58.8 Å². The van der Waals surface area contributed by atoms with Crippen LogP contribution in [0.15, 0.2) is 34.7 Å². The zero-order chi connectivity index (χ0) is 13.1. The highest BCUT2D eigenvalue weighted by molar-refractivity contribution is 6.07. The number of rotatable bonds is 4. The molecule has 0 aliphatic heterocycles. The maximum atomic E-state index is 13.7. The van der Waals surface area contributed by atoms with Crippen molar-refractivity contribution in [2.24, 2.45) is 0 Å². The van der Waals surface area contributed by atoms with Gasteiger partial charge in [0, 0.05) is 7.11 Å². The van der Waals surface area contributed by atoms with E-state index >= 15 is 0 Å². The second-order valence-corrected chi connectivity index (χ2v) is 4.01. The lowest BCUT2D eigenvalue weighted by Gasteiger charge is -2.01. The first-order valence-corrected chi connectivity index (χ1v) is 5.50. The summed E-state index contributed by atoms with van der Waals surface area (Å²) >= 11 is 0. The Hall–Kier alpha value is -1.94. The summed E-state index contributed by atoms with van der Waals surface area (Å²) in [6.07, 6.45) is 0. The lowest BCUT2D eigenvalue weighted by atomic mass is 10.1. The van der Waals surface area contributed by atoms with E-state index in [-0.39, 0.29) is 17.9 Å². The number of benzene rings is 1. The van der Waals surface area contributed by atoms with Gasteiger partial charge in [-0.1, -0.05) is 6.07 Å². The van der Waals surface area contributed by atoms with E-state index in [1.54, 1.807) is 19.1 Å². The molecule has 18 heavy (non-hydrogen) atoms. The normalized spacial score (nSPS) is 10.6. The summed E-state index contributed by atoms with van der Waals surface area (Å²) in [6.45, 7) is 2.05. The average molecular weight is 248 g/mol. The van der Waals surface area contributed by atoms with E-state index in [1.165, 1.54) is 25.3 Å². The molecule has 1 aromatic carbocycles. The lowest BCUT2D eigenvalue weighted by molar-refractivity contribution is 0.0996. The quantitative estimate of drug-likeness (QED) is 0.780. The minimum atomic E-state index is -0.537. The van der Waals surface area contributed by atoms with Crippen LogP contribution in [0.2, 0.25) is 0 Å². The number of ether oxygens (including phenoxy) is 1. The summed E-state index contributed by atoms with van der Waals surface area (Å²) in [7, 11) is 1.53. The number of carbonyl (C=O) groups excluding carboxylic acids is 1. The van der Waals surface area contributed by atoms with E-state index in [0.717, 1.165) is 5.56 Å². The highest BCUT2D eigenvalue weighted by Gasteiger charge is 2.17. The van der Waals surface area contributed by atoms with Crippen molar-refractivity contribution >= 4 is 5.78 Å². The van der Waals surface area contributed by atoms with Crippen LogP contribution < -0.4 is 0 Å². The fraction of sp³-hybridized carbons (Fsp3) is 0.214. The number of ketones is 1.